The Morgan fingerprint density at radius 3 is 2.27 bits per heavy atom. The van der Waals surface area contributed by atoms with Crippen LogP contribution in [0.1, 0.15) is 18.9 Å². The van der Waals surface area contributed by atoms with E-state index in [0.29, 0.717) is 0 Å². The van der Waals surface area contributed by atoms with Gasteiger partial charge in [0.2, 0.25) is 5.91 Å². The number of rotatable bonds is 7. The van der Waals surface area contributed by atoms with Crippen molar-refractivity contribution in [2.75, 3.05) is 14.2 Å². The largest absolute Gasteiger partial charge is 0.469 e. The Morgan fingerprint density at radius 2 is 1.62 bits per heavy atom. The van der Waals surface area contributed by atoms with Gasteiger partial charge < -0.3 is 14.8 Å². The quantitative estimate of drug-likeness (QED) is 0.769. The average molecular weight is 357 g/mol. The molecule has 138 valence electrons. The van der Waals surface area contributed by atoms with Gasteiger partial charge in [-0.25, -0.2) is 4.79 Å². The second-order valence-corrected chi connectivity index (χ2v) is 6.16. The first-order chi connectivity index (χ1) is 12.4. The molecular weight excluding hydrogens is 334 g/mol. The van der Waals surface area contributed by atoms with Crippen molar-refractivity contribution in [1.82, 2.24) is 5.32 Å². The zero-order valence-corrected chi connectivity index (χ0v) is 15.2. The smallest absolute Gasteiger partial charge is 0.328 e. The van der Waals surface area contributed by atoms with Gasteiger partial charge in [-0.15, -0.1) is 0 Å². The summed E-state index contributed by atoms with van der Waals surface area (Å²) in [7, 11) is 2.53. The summed E-state index contributed by atoms with van der Waals surface area (Å²) in [5.41, 5.74) is 0.839. The normalized spacial score (nSPS) is 12.9. The van der Waals surface area contributed by atoms with Crippen molar-refractivity contribution < 1.29 is 23.9 Å². The van der Waals surface area contributed by atoms with Crippen LogP contribution in [0.15, 0.2) is 42.5 Å². The first kappa shape index (κ1) is 19.4. The standard InChI is InChI=1S/C20H23NO5/c1-13(19(23)25-2)10-17(20(24)26-3)21-18(22)12-14-8-9-15-6-4-5-7-16(15)11-14/h4-9,11,13,17H,10,12H2,1-3H3,(H,21,22)/t13-,17+/m0/s1. The number of hydrogen-bond acceptors (Lipinski definition) is 5. The Bertz CT molecular complexity index is 802. The zero-order valence-electron chi connectivity index (χ0n) is 15.2. The number of esters is 2. The number of carbonyl (C=O) groups excluding carboxylic acids is 3. The molecule has 26 heavy (non-hydrogen) atoms. The molecule has 0 aromatic heterocycles. The van der Waals surface area contributed by atoms with E-state index in [0.717, 1.165) is 16.3 Å². The van der Waals surface area contributed by atoms with E-state index in [4.69, 9.17) is 4.74 Å². The third kappa shape index (κ3) is 5.05. The lowest BCUT2D eigenvalue weighted by molar-refractivity contribution is -0.148. The van der Waals surface area contributed by atoms with E-state index < -0.39 is 23.9 Å². The maximum atomic E-state index is 12.4. The van der Waals surface area contributed by atoms with Crippen molar-refractivity contribution in [3.8, 4) is 0 Å². The van der Waals surface area contributed by atoms with Crippen LogP contribution < -0.4 is 5.32 Å². The van der Waals surface area contributed by atoms with E-state index in [2.05, 4.69) is 10.1 Å². The molecule has 2 aromatic carbocycles. The maximum absolute atomic E-state index is 12.4. The van der Waals surface area contributed by atoms with E-state index >= 15 is 0 Å². The predicted molar refractivity (Wildman–Crippen MR) is 97.4 cm³/mol. The van der Waals surface area contributed by atoms with Crippen LogP contribution in [-0.4, -0.2) is 38.1 Å². The van der Waals surface area contributed by atoms with Crippen molar-refractivity contribution in [3.63, 3.8) is 0 Å². The summed E-state index contributed by atoms with van der Waals surface area (Å²) >= 11 is 0. The fourth-order valence-corrected chi connectivity index (χ4v) is 2.79. The monoisotopic (exact) mass is 357 g/mol. The molecule has 1 N–H and O–H groups in total. The van der Waals surface area contributed by atoms with E-state index in [1.807, 2.05) is 42.5 Å². The van der Waals surface area contributed by atoms with Crippen molar-refractivity contribution in [3.05, 3.63) is 48.0 Å². The van der Waals surface area contributed by atoms with Gasteiger partial charge in [-0.3, -0.25) is 9.59 Å². The predicted octanol–water partition coefficient (Wildman–Crippen LogP) is 2.24. The number of amides is 1. The summed E-state index contributed by atoms with van der Waals surface area (Å²) < 4.78 is 9.39. The lowest BCUT2D eigenvalue weighted by atomic mass is 10.0. The fraction of sp³-hybridized carbons (Fsp3) is 0.350. The van der Waals surface area contributed by atoms with Crippen LogP contribution in [0, 0.1) is 5.92 Å². The minimum absolute atomic E-state index is 0.114. The summed E-state index contributed by atoms with van der Waals surface area (Å²) in [6, 6.07) is 12.8. The Labute approximate surface area is 152 Å². The van der Waals surface area contributed by atoms with Crippen LogP contribution in [0.2, 0.25) is 0 Å². The second kappa shape index (κ2) is 8.99. The highest BCUT2D eigenvalue weighted by atomic mass is 16.5. The molecule has 0 saturated heterocycles. The highest BCUT2D eigenvalue weighted by molar-refractivity contribution is 5.88. The Morgan fingerprint density at radius 1 is 0.962 bits per heavy atom. The molecule has 2 rings (SSSR count). The number of carbonyl (C=O) groups is 3. The number of nitrogens with one attached hydrogen (secondary N) is 1. The van der Waals surface area contributed by atoms with Crippen molar-refractivity contribution >= 4 is 28.6 Å². The van der Waals surface area contributed by atoms with E-state index in [1.165, 1.54) is 14.2 Å². The average Bonchev–Trinajstić information content (AvgIpc) is 2.65. The number of methoxy groups -OCH3 is 2. The van der Waals surface area contributed by atoms with Crippen LogP contribution in [-0.2, 0) is 30.3 Å². The van der Waals surface area contributed by atoms with Crippen LogP contribution in [0.25, 0.3) is 10.8 Å². The van der Waals surface area contributed by atoms with E-state index in [9.17, 15) is 14.4 Å². The lowest BCUT2D eigenvalue weighted by Gasteiger charge is -2.19. The molecule has 1 amide bonds. The van der Waals surface area contributed by atoms with Crippen LogP contribution >= 0.6 is 0 Å². The zero-order chi connectivity index (χ0) is 19.1. The summed E-state index contributed by atoms with van der Waals surface area (Å²) in [5.74, 6) is -1.88. The fourth-order valence-electron chi connectivity index (χ4n) is 2.79. The summed E-state index contributed by atoms with van der Waals surface area (Å²) in [4.78, 5) is 35.9. The molecule has 0 fully saturated rings. The Hall–Kier alpha value is -2.89. The van der Waals surface area contributed by atoms with Gasteiger partial charge >= 0.3 is 11.9 Å². The molecular formula is C20H23NO5. The van der Waals surface area contributed by atoms with E-state index in [-0.39, 0.29) is 18.7 Å². The molecule has 0 spiro atoms. The molecule has 0 radical (unpaired) electrons. The maximum Gasteiger partial charge on any atom is 0.328 e. The molecule has 2 atom stereocenters. The van der Waals surface area contributed by atoms with Gasteiger partial charge in [0.15, 0.2) is 0 Å². The molecule has 0 bridgehead atoms. The van der Waals surface area contributed by atoms with Gasteiger partial charge in [-0.2, -0.15) is 0 Å². The van der Waals surface area contributed by atoms with Crippen molar-refractivity contribution in [2.45, 2.75) is 25.8 Å². The minimum Gasteiger partial charge on any atom is -0.469 e. The SMILES string of the molecule is COC(=O)[C@@H](C)C[C@@H](NC(=O)Cc1ccc2ccccc2c1)C(=O)OC. The van der Waals surface area contributed by atoms with Crippen LogP contribution in [0.4, 0.5) is 0 Å². The van der Waals surface area contributed by atoms with Crippen LogP contribution in [0.3, 0.4) is 0 Å². The third-order valence-electron chi connectivity index (χ3n) is 4.19. The highest BCUT2D eigenvalue weighted by Crippen LogP contribution is 2.16. The van der Waals surface area contributed by atoms with Gasteiger partial charge in [-0.05, 0) is 22.8 Å². The molecule has 0 aliphatic carbocycles. The second-order valence-electron chi connectivity index (χ2n) is 6.16. The highest BCUT2D eigenvalue weighted by Gasteiger charge is 2.27. The first-order valence-electron chi connectivity index (χ1n) is 8.37. The Balaban J connectivity index is 2.05. The topological polar surface area (TPSA) is 81.7 Å². The molecule has 0 aliphatic rings. The van der Waals surface area contributed by atoms with Gasteiger partial charge in [0.1, 0.15) is 6.04 Å². The molecule has 0 unspecified atom stereocenters. The molecule has 0 saturated carbocycles. The van der Waals surface area contributed by atoms with Gasteiger partial charge in [0.25, 0.3) is 0 Å². The third-order valence-corrected chi connectivity index (χ3v) is 4.19. The molecule has 0 heterocycles. The van der Waals surface area contributed by atoms with Crippen LogP contribution in [0.5, 0.6) is 0 Å². The summed E-state index contributed by atoms with van der Waals surface area (Å²) in [5, 5.41) is 4.79. The summed E-state index contributed by atoms with van der Waals surface area (Å²) in [6.07, 6.45) is 0.244. The van der Waals surface area contributed by atoms with Crippen molar-refractivity contribution in [2.24, 2.45) is 5.92 Å². The van der Waals surface area contributed by atoms with Gasteiger partial charge in [0, 0.05) is 0 Å². The molecule has 0 aliphatic heterocycles. The van der Waals surface area contributed by atoms with Crippen molar-refractivity contribution in [1.29, 1.82) is 0 Å². The molecule has 6 nitrogen and oxygen atoms in total. The minimum atomic E-state index is -0.901. The number of ether oxygens (including phenoxy) is 2. The Kier molecular flexibility index (Phi) is 6.72. The number of benzene rings is 2. The van der Waals surface area contributed by atoms with Gasteiger partial charge in [-0.1, -0.05) is 49.4 Å². The lowest BCUT2D eigenvalue weighted by Crippen LogP contribution is -2.44. The number of fused-ring (bicyclic) bond motifs is 1. The van der Waals surface area contributed by atoms with E-state index in [1.54, 1.807) is 6.92 Å². The summed E-state index contributed by atoms with van der Waals surface area (Å²) in [6.45, 7) is 1.64. The molecule has 2 aromatic rings. The van der Waals surface area contributed by atoms with Gasteiger partial charge in [0.05, 0.1) is 26.6 Å². The number of hydrogen-bond donors (Lipinski definition) is 1. The first-order valence-corrected chi connectivity index (χ1v) is 8.37. The molecule has 6 heteroatoms.